The third-order valence-corrected chi connectivity index (χ3v) is 4.26. The third-order valence-electron chi connectivity index (χ3n) is 1.82. The molecule has 0 aliphatic rings. The van der Waals surface area contributed by atoms with Gasteiger partial charge >= 0.3 is 6.09 Å². The summed E-state index contributed by atoms with van der Waals surface area (Å²) >= 11 is 0. The van der Waals surface area contributed by atoms with E-state index in [0.717, 1.165) is 5.19 Å². The molecule has 0 radical (unpaired) electrons. The zero-order valence-electron chi connectivity index (χ0n) is 7.78. The van der Waals surface area contributed by atoms with Crippen molar-refractivity contribution in [3.8, 4) is 0 Å². The predicted octanol–water partition coefficient (Wildman–Crippen LogP) is 1.19. The lowest BCUT2D eigenvalue weighted by atomic mass is 10.4. The zero-order chi connectivity index (χ0) is 9.90. The summed E-state index contributed by atoms with van der Waals surface area (Å²) in [4.78, 5) is 10.6. The Labute approximate surface area is 78.6 Å². The molecular weight excluding hydrogens is 182 g/mol. The highest BCUT2D eigenvalue weighted by Gasteiger charge is 2.28. The molecule has 0 bridgehead atoms. The topological polar surface area (TPSA) is 52.3 Å². The summed E-state index contributed by atoms with van der Waals surface area (Å²) in [6, 6.07) is 9.69. The molecule has 4 heteroatoms. The Balaban J connectivity index is 2.87. The van der Waals surface area contributed by atoms with Gasteiger partial charge in [0.15, 0.2) is 0 Å². The lowest BCUT2D eigenvalue weighted by Gasteiger charge is -2.21. The van der Waals surface area contributed by atoms with E-state index in [1.165, 1.54) is 0 Å². The van der Waals surface area contributed by atoms with E-state index in [1.807, 2.05) is 43.4 Å². The Morgan fingerprint density at radius 2 is 1.85 bits per heavy atom. The summed E-state index contributed by atoms with van der Waals surface area (Å²) in [6.45, 7) is 3.88. The molecule has 0 heterocycles. The molecular formula is C9H13NO2Si. The minimum atomic E-state index is -2.12. The number of primary amides is 1. The summed E-state index contributed by atoms with van der Waals surface area (Å²) in [5, 5.41) is 1.06. The van der Waals surface area contributed by atoms with E-state index in [0.29, 0.717) is 0 Å². The maximum Gasteiger partial charge on any atom is 0.391 e. The van der Waals surface area contributed by atoms with Crippen LogP contribution in [-0.4, -0.2) is 14.4 Å². The molecule has 3 nitrogen and oxygen atoms in total. The van der Waals surface area contributed by atoms with E-state index in [1.54, 1.807) is 0 Å². The van der Waals surface area contributed by atoms with Crippen molar-refractivity contribution in [2.24, 2.45) is 5.73 Å². The fraction of sp³-hybridized carbons (Fsp3) is 0.222. The van der Waals surface area contributed by atoms with Crippen LogP contribution >= 0.6 is 0 Å². The second-order valence-electron chi connectivity index (χ2n) is 3.30. The van der Waals surface area contributed by atoms with Crippen LogP contribution in [0.3, 0.4) is 0 Å². The number of hydrogen-bond donors (Lipinski definition) is 1. The monoisotopic (exact) mass is 195 g/mol. The third kappa shape index (κ3) is 2.59. The molecule has 0 spiro atoms. The van der Waals surface area contributed by atoms with E-state index < -0.39 is 14.4 Å². The smallest absolute Gasteiger partial charge is 0.391 e. The zero-order valence-corrected chi connectivity index (χ0v) is 8.78. The number of hydrogen-bond acceptors (Lipinski definition) is 2. The lowest BCUT2D eigenvalue weighted by Crippen LogP contribution is -2.47. The van der Waals surface area contributed by atoms with Crippen molar-refractivity contribution in [3.05, 3.63) is 30.3 Å². The molecule has 0 aromatic heterocycles. The van der Waals surface area contributed by atoms with Crippen molar-refractivity contribution in [3.63, 3.8) is 0 Å². The van der Waals surface area contributed by atoms with Crippen LogP contribution in [0.2, 0.25) is 13.1 Å². The molecule has 1 aromatic carbocycles. The quantitative estimate of drug-likeness (QED) is 0.721. The summed E-state index contributed by atoms with van der Waals surface area (Å²) in [5.74, 6) is 0. The molecule has 0 aliphatic carbocycles. The molecule has 0 unspecified atom stereocenters. The Morgan fingerprint density at radius 1 is 1.31 bits per heavy atom. The van der Waals surface area contributed by atoms with Crippen LogP contribution in [0, 0.1) is 0 Å². The van der Waals surface area contributed by atoms with Gasteiger partial charge in [0.1, 0.15) is 0 Å². The summed E-state index contributed by atoms with van der Waals surface area (Å²) < 4.78 is 5.10. The van der Waals surface area contributed by atoms with Crippen molar-refractivity contribution in [1.82, 2.24) is 0 Å². The predicted molar refractivity (Wildman–Crippen MR) is 54.2 cm³/mol. The van der Waals surface area contributed by atoms with Gasteiger partial charge in [-0.05, 0) is 18.3 Å². The molecule has 0 fully saturated rings. The lowest BCUT2D eigenvalue weighted by molar-refractivity contribution is 0.210. The van der Waals surface area contributed by atoms with Crippen LogP contribution in [-0.2, 0) is 4.43 Å². The first-order chi connectivity index (χ1) is 6.02. The van der Waals surface area contributed by atoms with Gasteiger partial charge in [-0.15, -0.1) is 0 Å². The van der Waals surface area contributed by atoms with Crippen LogP contribution in [0.25, 0.3) is 0 Å². The van der Waals surface area contributed by atoms with Gasteiger partial charge in [0, 0.05) is 0 Å². The van der Waals surface area contributed by atoms with Crippen molar-refractivity contribution >= 4 is 19.6 Å². The molecule has 0 aliphatic heterocycles. The maximum atomic E-state index is 10.6. The molecule has 1 aromatic rings. The van der Waals surface area contributed by atoms with Crippen molar-refractivity contribution in [2.75, 3.05) is 0 Å². The Hall–Kier alpha value is -1.29. The van der Waals surface area contributed by atoms with E-state index in [2.05, 4.69) is 0 Å². The summed E-state index contributed by atoms with van der Waals surface area (Å²) in [6.07, 6.45) is -0.694. The minimum Gasteiger partial charge on any atom is -0.500 e. The fourth-order valence-corrected chi connectivity index (χ4v) is 2.77. The number of carbonyl (C=O) groups is 1. The SMILES string of the molecule is C[Si](C)(OC(N)=O)c1ccccc1. The van der Waals surface area contributed by atoms with E-state index >= 15 is 0 Å². The number of nitrogens with two attached hydrogens (primary N) is 1. The van der Waals surface area contributed by atoms with E-state index in [9.17, 15) is 4.79 Å². The van der Waals surface area contributed by atoms with Gasteiger partial charge < -0.3 is 10.2 Å². The molecule has 1 rings (SSSR count). The fourth-order valence-electron chi connectivity index (χ4n) is 1.15. The number of rotatable bonds is 2. The Morgan fingerprint density at radius 3 is 2.31 bits per heavy atom. The van der Waals surface area contributed by atoms with Gasteiger partial charge in [-0.3, -0.25) is 0 Å². The number of carbonyl (C=O) groups excluding carboxylic acids is 1. The van der Waals surface area contributed by atoms with E-state index in [-0.39, 0.29) is 0 Å². The first-order valence-electron chi connectivity index (χ1n) is 4.06. The van der Waals surface area contributed by atoms with Crippen molar-refractivity contribution in [1.29, 1.82) is 0 Å². The van der Waals surface area contributed by atoms with Gasteiger partial charge in [-0.25, -0.2) is 4.79 Å². The van der Waals surface area contributed by atoms with Crippen LogP contribution in [0.4, 0.5) is 4.79 Å². The van der Waals surface area contributed by atoms with Crippen LogP contribution in [0.1, 0.15) is 0 Å². The first-order valence-corrected chi connectivity index (χ1v) is 6.97. The summed E-state index contributed by atoms with van der Waals surface area (Å²) in [5.41, 5.74) is 4.99. The van der Waals surface area contributed by atoms with Crippen LogP contribution in [0.5, 0.6) is 0 Å². The largest absolute Gasteiger partial charge is 0.500 e. The van der Waals surface area contributed by atoms with Gasteiger partial charge in [-0.1, -0.05) is 30.3 Å². The second kappa shape index (κ2) is 3.61. The molecule has 0 atom stereocenters. The highest BCUT2D eigenvalue weighted by atomic mass is 28.4. The van der Waals surface area contributed by atoms with Gasteiger partial charge in [-0.2, -0.15) is 0 Å². The molecule has 70 valence electrons. The van der Waals surface area contributed by atoms with Gasteiger partial charge in [0.05, 0.1) is 0 Å². The number of amides is 1. The van der Waals surface area contributed by atoms with Crippen molar-refractivity contribution < 1.29 is 9.22 Å². The minimum absolute atomic E-state index is 0.694. The van der Waals surface area contributed by atoms with Gasteiger partial charge in [0.2, 0.25) is 0 Å². The Kier molecular flexibility index (Phi) is 2.72. The molecule has 13 heavy (non-hydrogen) atoms. The normalized spacial score (nSPS) is 10.9. The van der Waals surface area contributed by atoms with Crippen molar-refractivity contribution in [2.45, 2.75) is 13.1 Å². The molecule has 2 N–H and O–H groups in total. The van der Waals surface area contributed by atoms with Gasteiger partial charge in [0.25, 0.3) is 8.32 Å². The molecule has 0 saturated carbocycles. The molecule has 1 amide bonds. The summed E-state index contributed by atoms with van der Waals surface area (Å²) in [7, 11) is -2.12. The molecule has 0 saturated heterocycles. The van der Waals surface area contributed by atoms with Crippen LogP contribution in [0.15, 0.2) is 30.3 Å². The Bertz CT molecular complexity index is 298. The average Bonchev–Trinajstić information content (AvgIpc) is 2.04. The highest BCUT2D eigenvalue weighted by molar-refractivity contribution is 6.85. The number of benzene rings is 1. The second-order valence-corrected chi connectivity index (χ2v) is 7.10. The van der Waals surface area contributed by atoms with E-state index in [4.69, 9.17) is 10.2 Å². The maximum absolute atomic E-state index is 10.6. The highest BCUT2D eigenvalue weighted by Crippen LogP contribution is 2.04. The first kappa shape index (κ1) is 9.79. The van der Waals surface area contributed by atoms with Crippen LogP contribution < -0.4 is 10.9 Å². The average molecular weight is 195 g/mol. The standard InChI is InChI=1S/C9H13NO2Si/c1-13(2,12-9(10)11)8-6-4-3-5-7-8/h3-7H,1-2H3,(H2,10,11).